The van der Waals surface area contributed by atoms with Gasteiger partial charge in [0.2, 0.25) is 10.0 Å². The van der Waals surface area contributed by atoms with Crippen molar-refractivity contribution in [3.63, 3.8) is 0 Å². The number of nitrogens with zero attached hydrogens (tertiary/aromatic N) is 3. The van der Waals surface area contributed by atoms with Crippen molar-refractivity contribution in [3.8, 4) is 5.75 Å². The molecule has 3 rings (SSSR count). The zero-order valence-corrected chi connectivity index (χ0v) is 19.0. The summed E-state index contributed by atoms with van der Waals surface area (Å²) >= 11 is 0. The summed E-state index contributed by atoms with van der Waals surface area (Å²) in [6, 6.07) is 14.2. The van der Waals surface area contributed by atoms with Gasteiger partial charge in [0.1, 0.15) is 10.6 Å². The third kappa shape index (κ3) is 4.78. The highest BCUT2D eigenvalue weighted by Gasteiger charge is 2.26. The molecule has 3 aromatic rings. The van der Waals surface area contributed by atoms with E-state index in [0.29, 0.717) is 34.9 Å². The van der Waals surface area contributed by atoms with E-state index in [2.05, 4.69) is 10.4 Å². The third-order valence-corrected chi connectivity index (χ3v) is 7.02. The number of carbonyl (C=O) groups is 1. The Morgan fingerprint density at radius 2 is 1.68 bits per heavy atom. The molecule has 2 aromatic carbocycles. The van der Waals surface area contributed by atoms with Gasteiger partial charge < -0.3 is 10.1 Å². The number of amides is 1. The quantitative estimate of drug-likeness (QED) is 0.607. The van der Waals surface area contributed by atoms with E-state index < -0.39 is 10.0 Å². The molecule has 164 valence electrons. The highest BCUT2D eigenvalue weighted by atomic mass is 32.2. The maximum Gasteiger partial charge on any atom is 0.255 e. The lowest BCUT2D eigenvalue weighted by Gasteiger charge is -2.12. The monoisotopic (exact) mass is 442 g/mol. The molecule has 0 saturated heterocycles. The Morgan fingerprint density at radius 1 is 1.06 bits per heavy atom. The lowest BCUT2D eigenvalue weighted by molar-refractivity contribution is 0.102. The maximum atomic E-state index is 12.6. The second-order valence-electron chi connectivity index (χ2n) is 7.32. The molecule has 0 fully saturated rings. The van der Waals surface area contributed by atoms with Crippen molar-refractivity contribution in [3.05, 3.63) is 71.0 Å². The van der Waals surface area contributed by atoms with Crippen LogP contribution in [-0.4, -0.2) is 49.6 Å². The van der Waals surface area contributed by atoms with Gasteiger partial charge in [-0.3, -0.25) is 9.48 Å². The summed E-state index contributed by atoms with van der Waals surface area (Å²) < 4.78 is 33.1. The van der Waals surface area contributed by atoms with Crippen LogP contribution in [0.5, 0.6) is 5.75 Å². The van der Waals surface area contributed by atoms with Crippen molar-refractivity contribution in [2.24, 2.45) is 0 Å². The number of carbonyl (C=O) groups excluding carboxylic acids is 1. The molecule has 8 nitrogen and oxygen atoms in total. The van der Waals surface area contributed by atoms with Crippen LogP contribution in [0.15, 0.2) is 53.4 Å². The number of anilines is 1. The smallest absolute Gasteiger partial charge is 0.255 e. The molecular formula is C22H26N4O4S. The summed E-state index contributed by atoms with van der Waals surface area (Å²) in [6.07, 6.45) is 0. The molecule has 31 heavy (non-hydrogen) atoms. The van der Waals surface area contributed by atoms with Crippen molar-refractivity contribution < 1.29 is 17.9 Å². The molecule has 1 N–H and O–H groups in total. The molecule has 1 aromatic heterocycles. The van der Waals surface area contributed by atoms with Crippen LogP contribution in [-0.2, 0) is 16.6 Å². The van der Waals surface area contributed by atoms with Crippen molar-refractivity contribution in [1.82, 2.24) is 14.1 Å². The Morgan fingerprint density at radius 3 is 2.23 bits per heavy atom. The first-order chi connectivity index (χ1) is 14.6. The number of hydrogen-bond acceptors (Lipinski definition) is 5. The van der Waals surface area contributed by atoms with Crippen molar-refractivity contribution >= 4 is 21.6 Å². The first kappa shape index (κ1) is 22.5. The fourth-order valence-corrected chi connectivity index (χ4v) is 4.46. The Labute approximate surface area is 182 Å². The van der Waals surface area contributed by atoms with Gasteiger partial charge in [0.15, 0.2) is 0 Å². The van der Waals surface area contributed by atoms with Gasteiger partial charge in [0.05, 0.1) is 25.0 Å². The Hall–Kier alpha value is -3.17. The first-order valence-corrected chi connectivity index (χ1v) is 11.1. The highest BCUT2D eigenvalue weighted by Crippen LogP contribution is 2.23. The number of aryl methyl sites for hydroxylation is 1. The van der Waals surface area contributed by atoms with Gasteiger partial charge in [-0.15, -0.1) is 0 Å². The normalized spacial score (nSPS) is 11.5. The van der Waals surface area contributed by atoms with E-state index in [-0.39, 0.29) is 10.8 Å². The van der Waals surface area contributed by atoms with Crippen molar-refractivity contribution in [2.75, 3.05) is 26.5 Å². The Balaban J connectivity index is 1.74. The number of aromatic nitrogens is 2. The number of sulfonamides is 1. The van der Waals surface area contributed by atoms with Gasteiger partial charge in [0, 0.05) is 25.3 Å². The maximum absolute atomic E-state index is 12.6. The molecule has 0 saturated carbocycles. The average molecular weight is 443 g/mol. The van der Waals surface area contributed by atoms with E-state index in [9.17, 15) is 13.2 Å². The summed E-state index contributed by atoms with van der Waals surface area (Å²) in [4.78, 5) is 12.7. The number of methoxy groups -OCH3 is 1. The van der Waals surface area contributed by atoms with Gasteiger partial charge in [-0.25, -0.2) is 12.7 Å². The van der Waals surface area contributed by atoms with Gasteiger partial charge in [-0.1, -0.05) is 12.1 Å². The molecule has 9 heteroatoms. The number of benzene rings is 2. The topological polar surface area (TPSA) is 93.5 Å². The number of rotatable bonds is 7. The van der Waals surface area contributed by atoms with Crippen LogP contribution in [0.1, 0.15) is 27.3 Å². The molecule has 0 aliphatic heterocycles. The first-order valence-electron chi connectivity index (χ1n) is 9.64. The SMILES string of the molecule is COc1ccc(NC(=O)c2ccc(Cn3nc(C)c(S(=O)(=O)N(C)C)c3C)cc2)cc1. The summed E-state index contributed by atoms with van der Waals surface area (Å²) in [7, 11) is 1.02. The molecule has 0 aliphatic carbocycles. The zero-order valence-electron chi connectivity index (χ0n) is 18.2. The van der Waals surface area contributed by atoms with Crippen LogP contribution in [0.4, 0.5) is 5.69 Å². The summed E-state index contributed by atoms with van der Waals surface area (Å²) in [6.45, 7) is 3.83. The zero-order chi connectivity index (χ0) is 22.8. The average Bonchev–Trinajstić information content (AvgIpc) is 3.02. The van der Waals surface area contributed by atoms with Crippen LogP contribution >= 0.6 is 0 Å². The summed E-state index contributed by atoms with van der Waals surface area (Å²) in [5.74, 6) is 0.496. The van der Waals surface area contributed by atoms with Crippen LogP contribution in [0, 0.1) is 13.8 Å². The predicted octanol–water partition coefficient (Wildman–Crippen LogP) is 3.06. The van der Waals surface area contributed by atoms with Crippen LogP contribution in [0.3, 0.4) is 0 Å². The standard InChI is InChI=1S/C22H26N4O4S/c1-15-21(31(28,29)25(3)4)16(2)26(24-15)14-17-6-8-18(9-7-17)22(27)23-19-10-12-20(30-5)13-11-19/h6-13H,14H2,1-5H3,(H,23,27). The van der Waals surface area contributed by atoms with Gasteiger partial charge in [-0.2, -0.15) is 5.10 Å². The van der Waals surface area contributed by atoms with E-state index in [1.165, 1.54) is 18.4 Å². The molecule has 0 bridgehead atoms. The highest BCUT2D eigenvalue weighted by molar-refractivity contribution is 7.89. The molecule has 1 amide bonds. The molecule has 0 spiro atoms. The van der Waals surface area contributed by atoms with Gasteiger partial charge in [0.25, 0.3) is 5.91 Å². The summed E-state index contributed by atoms with van der Waals surface area (Å²) in [5.41, 5.74) is 3.13. The van der Waals surface area contributed by atoms with E-state index in [0.717, 1.165) is 5.56 Å². The molecule has 0 unspecified atom stereocenters. The number of hydrogen-bond donors (Lipinski definition) is 1. The molecule has 0 radical (unpaired) electrons. The van der Waals surface area contributed by atoms with Gasteiger partial charge >= 0.3 is 0 Å². The van der Waals surface area contributed by atoms with E-state index >= 15 is 0 Å². The number of ether oxygens (including phenoxy) is 1. The van der Waals surface area contributed by atoms with E-state index in [1.807, 2.05) is 12.1 Å². The molecule has 0 atom stereocenters. The van der Waals surface area contributed by atoms with Crippen molar-refractivity contribution in [1.29, 1.82) is 0 Å². The minimum Gasteiger partial charge on any atom is -0.497 e. The van der Waals surface area contributed by atoms with E-state index in [1.54, 1.807) is 62.0 Å². The molecular weight excluding hydrogens is 416 g/mol. The molecule has 0 aliphatic rings. The van der Waals surface area contributed by atoms with Crippen LogP contribution in [0.2, 0.25) is 0 Å². The second-order valence-corrected chi connectivity index (χ2v) is 9.41. The fraction of sp³-hybridized carbons (Fsp3) is 0.273. The minimum absolute atomic E-state index is 0.220. The van der Waals surface area contributed by atoms with Crippen LogP contribution < -0.4 is 10.1 Å². The lowest BCUT2D eigenvalue weighted by atomic mass is 10.1. The van der Waals surface area contributed by atoms with Crippen LogP contribution in [0.25, 0.3) is 0 Å². The van der Waals surface area contributed by atoms with E-state index in [4.69, 9.17) is 4.74 Å². The fourth-order valence-electron chi connectivity index (χ4n) is 3.20. The molecule has 1 heterocycles. The third-order valence-electron chi connectivity index (χ3n) is 4.95. The predicted molar refractivity (Wildman–Crippen MR) is 119 cm³/mol. The van der Waals surface area contributed by atoms with Gasteiger partial charge in [-0.05, 0) is 55.8 Å². The summed E-state index contributed by atoms with van der Waals surface area (Å²) in [5, 5.41) is 7.25. The van der Waals surface area contributed by atoms with Crippen molar-refractivity contribution in [2.45, 2.75) is 25.3 Å². The Bertz CT molecular complexity index is 1180. The number of nitrogens with one attached hydrogen (secondary N) is 1. The second kappa shape index (κ2) is 8.91. The Kier molecular flexibility index (Phi) is 6.47. The minimum atomic E-state index is -3.57. The lowest BCUT2D eigenvalue weighted by Crippen LogP contribution is -2.23. The largest absolute Gasteiger partial charge is 0.497 e.